The van der Waals surface area contributed by atoms with Gasteiger partial charge in [-0.15, -0.1) is 5.10 Å². The van der Waals surface area contributed by atoms with E-state index in [-0.39, 0.29) is 0 Å². The van der Waals surface area contributed by atoms with Crippen molar-refractivity contribution in [1.82, 2.24) is 15.5 Å². The van der Waals surface area contributed by atoms with Gasteiger partial charge in [-0.25, -0.2) is 0 Å². The molecule has 0 radical (unpaired) electrons. The van der Waals surface area contributed by atoms with E-state index in [4.69, 9.17) is 5.26 Å². The fraction of sp³-hybridized carbons (Fsp3) is 0.545. The molecule has 0 amide bonds. The maximum atomic E-state index is 9.02. The zero-order chi connectivity index (χ0) is 11.5. The first-order valence-corrected chi connectivity index (χ1v) is 5.43. The highest BCUT2D eigenvalue weighted by molar-refractivity contribution is 5.53. The SMILES string of the molecule is CC1CN(c2nnccc2C#N)CC(C)N1. The van der Waals surface area contributed by atoms with Crippen LogP contribution in [0.5, 0.6) is 0 Å². The monoisotopic (exact) mass is 217 g/mol. The van der Waals surface area contributed by atoms with Crippen molar-refractivity contribution in [3.8, 4) is 6.07 Å². The molecule has 1 aliphatic rings. The Balaban J connectivity index is 2.26. The van der Waals surface area contributed by atoms with E-state index in [0.717, 1.165) is 13.1 Å². The summed E-state index contributed by atoms with van der Waals surface area (Å²) in [6, 6.07) is 4.67. The lowest BCUT2D eigenvalue weighted by Gasteiger charge is -2.36. The van der Waals surface area contributed by atoms with Crippen LogP contribution in [0, 0.1) is 11.3 Å². The van der Waals surface area contributed by atoms with Crippen LogP contribution in [-0.4, -0.2) is 35.4 Å². The molecule has 1 aromatic heterocycles. The number of nitrogens with one attached hydrogen (secondary N) is 1. The number of rotatable bonds is 1. The molecule has 2 unspecified atom stereocenters. The third-order valence-corrected chi connectivity index (χ3v) is 2.68. The molecule has 5 heteroatoms. The molecule has 0 saturated carbocycles. The van der Waals surface area contributed by atoms with Crippen LogP contribution < -0.4 is 10.2 Å². The van der Waals surface area contributed by atoms with E-state index in [9.17, 15) is 0 Å². The first kappa shape index (κ1) is 10.8. The number of aromatic nitrogens is 2. The van der Waals surface area contributed by atoms with Gasteiger partial charge in [-0.3, -0.25) is 0 Å². The molecular weight excluding hydrogens is 202 g/mol. The molecule has 1 aromatic rings. The van der Waals surface area contributed by atoms with E-state index in [2.05, 4.69) is 40.3 Å². The first-order chi connectivity index (χ1) is 7.70. The lowest BCUT2D eigenvalue weighted by Crippen LogP contribution is -2.54. The van der Waals surface area contributed by atoms with Gasteiger partial charge in [0, 0.05) is 25.2 Å². The van der Waals surface area contributed by atoms with E-state index >= 15 is 0 Å². The Morgan fingerprint density at radius 2 is 2.12 bits per heavy atom. The summed E-state index contributed by atoms with van der Waals surface area (Å²) in [5.41, 5.74) is 0.594. The van der Waals surface area contributed by atoms with Gasteiger partial charge in [0.25, 0.3) is 0 Å². The van der Waals surface area contributed by atoms with E-state index in [0.29, 0.717) is 23.5 Å². The molecule has 2 rings (SSSR count). The topological polar surface area (TPSA) is 64.8 Å². The van der Waals surface area contributed by atoms with Gasteiger partial charge in [-0.2, -0.15) is 10.4 Å². The summed E-state index contributed by atoms with van der Waals surface area (Å²) >= 11 is 0. The summed E-state index contributed by atoms with van der Waals surface area (Å²) in [4.78, 5) is 2.12. The van der Waals surface area contributed by atoms with Crippen molar-refractivity contribution in [2.45, 2.75) is 25.9 Å². The normalized spacial score (nSPS) is 25.2. The zero-order valence-electron chi connectivity index (χ0n) is 9.51. The number of nitriles is 1. The minimum Gasteiger partial charge on any atom is -0.351 e. The minimum absolute atomic E-state index is 0.400. The second-order valence-corrected chi connectivity index (χ2v) is 4.25. The van der Waals surface area contributed by atoms with Crippen molar-refractivity contribution in [3.63, 3.8) is 0 Å². The number of nitrogens with zero attached hydrogens (tertiary/aromatic N) is 4. The highest BCUT2D eigenvalue weighted by Crippen LogP contribution is 2.18. The van der Waals surface area contributed by atoms with Crippen molar-refractivity contribution in [2.24, 2.45) is 0 Å². The molecule has 1 N–H and O–H groups in total. The maximum Gasteiger partial charge on any atom is 0.169 e. The Morgan fingerprint density at radius 1 is 1.44 bits per heavy atom. The van der Waals surface area contributed by atoms with Gasteiger partial charge in [0.15, 0.2) is 5.82 Å². The van der Waals surface area contributed by atoms with Crippen molar-refractivity contribution in [1.29, 1.82) is 5.26 Å². The molecule has 0 bridgehead atoms. The van der Waals surface area contributed by atoms with Crippen molar-refractivity contribution < 1.29 is 0 Å². The minimum atomic E-state index is 0.400. The summed E-state index contributed by atoms with van der Waals surface area (Å²) in [6.07, 6.45) is 1.55. The fourth-order valence-corrected chi connectivity index (χ4v) is 2.14. The second kappa shape index (κ2) is 4.45. The van der Waals surface area contributed by atoms with Crippen LogP contribution in [-0.2, 0) is 0 Å². The van der Waals surface area contributed by atoms with E-state index in [1.54, 1.807) is 12.3 Å². The predicted molar refractivity (Wildman–Crippen MR) is 61.0 cm³/mol. The van der Waals surface area contributed by atoms with E-state index in [1.165, 1.54) is 0 Å². The Bertz CT molecular complexity index is 401. The Hall–Kier alpha value is -1.67. The fourth-order valence-electron chi connectivity index (χ4n) is 2.14. The smallest absolute Gasteiger partial charge is 0.169 e. The zero-order valence-corrected chi connectivity index (χ0v) is 9.51. The summed E-state index contributed by atoms with van der Waals surface area (Å²) in [7, 11) is 0. The maximum absolute atomic E-state index is 9.02. The number of hydrogen-bond acceptors (Lipinski definition) is 5. The van der Waals surface area contributed by atoms with Crippen molar-refractivity contribution in [3.05, 3.63) is 17.8 Å². The average Bonchev–Trinajstić information content (AvgIpc) is 2.27. The van der Waals surface area contributed by atoms with Gasteiger partial charge in [0.2, 0.25) is 0 Å². The van der Waals surface area contributed by atoms with Gasteiger partial charge >= 0.3 is 0 Å². The standard InChI is InChI=1S/C11H15N5/c1-8-6-16(7-9(2)14-8)11-10(5-12)3-4-13-15-11/h3-4,8-9,14H,6-7H2,1-2H3. The highest BCUT2D eigenvalue weighted by Gasteiger charge is 2.23. The molecule has 2 heterocycles. The molecule has 0 aromatic carbocycles. The van der Waals surface area contributed by atoms with Gasteiger partial charge in [0.1, 0.15) is 6.07 Å². The summed E-state index contributed by atoms with van der Waals surface area (Å²) in [6.45, 7) is 5.98. The Morgan fingerprint density at radius 3 is 2.75 bits per heavy atom. The number of piperazine rings is 1. The molecule has 0 aliphatic carbocycles. The van der Waals surface area contributed by atoms with Crippen LogP contribution >= 0.6 is 0 Å². The molecule has 2 atom stereocenters. The molecule has 5 nitrogen and oxygen atoms in total. The predicted octanol–water partition coefficient (Wildman–Crippen LogP) is 0.535. The molecule has 16 heavy (non-hydrogen) atoms. The van der Waals surface area contributed by atoms with Crippen LogP contribution in [0.4, 0.5) is 5.82 Å². The van der Waals surface area contributed by atoms with E-state index in [1.807, 2.05) is 0 Å². The quantitative estimate of drug-likeness (QED) is 0.743. The first-order valence-electron chi connectivity index (χ1n) is 5.43. The van der Waals surface area contributed by atoms with Crippen LogP contribution in [0.15, 0.2) is 12.3 Å². The second-order valence-electron chi connectivity index (χ2n) is 4.25. The summed E-state index contributed by atoms with van der Waals surface area (Å²) in [5, 5.41) is 20.4. The molecule has 1 fully saturated rings. The largest absolute Gasteiger partial charge is 0.351 e. The van der Waals surface area contributed by atoms with E-state index < -0.39 is 0 Å². The van der Waals surface area contributed by atoms with Crippen LogP contribution in [0.1, 0.15) is 19.4 Å². The molecule has 84 valence electrons. The van der Waals surface area contributed by atoms with Crippen LogP contribution in [0.3, 0.4) is 0 Å². The third-order valence-electron chi connectivity index (χ3n) is 2.68. The van der Waals surface area contributed by atoms with Gasteiger partial charge in [-0.05, 0) is 19.9 Å². The van der Waals surface area contributed by atoms with Gasteiger partial charge < -0.3 is 10.2 Å². The molecule has 0 spiro atoms. The van der Waals surface area contributed by atoms with Gasteiger partial charge in [-0.1, -0.05) is 0 Å². The molecule has 1 saturated heterocycles. The average molecular weight is 217 g/mol. The highest BCUT2D eigenvalue weighted by atomic mass is 15.3. The lowest BCUT2D eigenvalue weighted by molar-refractivity contribution is 0.404. The third kappa shape index (κ3) is 2.12. The number of hydrogen-bond donors (Lipinski definition) is 1. The molecule has 1 aliphatic heterocycles. The molecular formula is C11H15N5. The Kier molecular flexibility index (Phi) is 3.02. The van der Waals surface area contributed by atoms with Crippen LogP contribution in [0.25, 0.3) is 0 Å². The summed E-state index contributed by atoms with van der Waals surface area (Å²) in [5.74, 6) is 0.699. The van der Waals surface area contributed by atoms with Crippen molar-refractivity contribution >= 4 is 5.82 Å². The van der Waals surface area contributed by atoms with Crippen molar-refractivity contribution in [2.75, 3.05) is 18.0 Å². The summed E-state index contributed by atoms with van der Waals surface area (Å²) < 4.78 is 0. The number of anilines is 1. The van der Waals surface area contributed by atoms with Crippen LogP contribution in [0.2, 0.25) is 0 Å². The van der Waals surface area contributed by atoms with Gasteiger partial charge in [0.05, 0.1) is 11.8 Å². The Labute approximate surface area is 95.1 Å². The lowest BCUT2D eigenvalue weighted by atomic mass is 10.1.